The summed E-state index contributed by atoms with van der Waals surface area (Å²) in [4.78, 5) is 29.6. The van der Waals surface area contributed by atoms with Gasteiger partial charge in [-0.25, -0.2) is 0 Å². The molecule has 6 heteroatoms. The third-order valence-electron chi connectivity index (χ3n) is 8.58. The molecule has 0 bridgehead atoms. The topological polar surface area (TPSA) is 66.6 Å². The lowest BCUT2D eigenvalue weighted by Crippen LogP contribution is -2.46. The van der Waals surface area contributed by atoms with Crippen molar-refractivity contribution in [3.05, 3.63) is 42.0 Å². The van der Waals surface area contributed by atoms with Crippen LogP contribution in [-0.2, 0) is 9.59 Å². The SMILES string of the molecule is CCCCCCCCCCCCCCCCCCC(C(N)=O)N1C(=O)CSC1c1ccc(N(C)C)c2ccccc12. The molecule has 1 fully saturated rings. The van der Waals surface area contributed by atoms with Gasteiger partial charge < -0.3 is 15.5 Å². The first-order valence-electron chi connectivity index (χ1n) is 16.4. The molecule has 0 aromatic heterocycles. The zero-order valence-corrected chi connectivity index (χ0v) is 26.9. The molecule has 1 heterocycles. The molecule has 1 saturated heterocycles. The normalized spacial score (nSPS) is 16.0. The highest BCUT2D eigenvalue weighted by atomic mass is 32.2. The Bertz CT molecular complexity index is 1070. The number of unbranched alkanes of at least 4 members (excludes halogenated alkanes) is 15. The highest BCUT2D eigenvalue weighted by Crippen LogP contribution is 2.44. The van der Waals surface area contributed by atoms with E-state index in [1.165, 1.54) is 89.9 Å². The van der Waals surface area contributed by atoms with Crippen LogP contribution < -0.4 is 10.6 Å². The van der Waals surface area contributed by atoms with Crippen molar-refractivity contribution in [1.29, 1.82) is 0 Å². The summed E-state index contributed by atoms with van der Waals surface area (Å²) in [5, 5.41) is 2.09. The summed E-state index contributed by atoms with van der Waals surface area (Å²) in [6, 6.07) is 12.0. The van der Waals surface area contributed by atoms with Crippen molar-refractivity contribution in [2.45, 2.75) is 127 Å². The van der Waals surface area contributed by atoms with Gasteiger partial charge in [-0.1, -0.05) is 140 Å². The van der Waals surface area contributed by atoms with E-state index in [4.69, 9.17) is 5.73 Å². The number of nitrogens with two attached hydrogens (primary N) is 1. The van der Waals surface area contributed by atoms with Crippen molar-refractivity contribution < 1.29 is 9.59 Å². The number of rotatable bonds is 21. The lowest BCUT2D eigenvalue weighted by atomic mass is 9.99. The van der Waals surface area contributed by atoms with Crippen LogP contribution in [0.2, 0.25) is 0 Å². The van der Waals surface area contributed by atoms with Crippen LogP contribution in [0.25, 0.3) is 10.8 Å². The molecule has 1 aliphatic heterocycles. The Balaban J connectivity index is 1.41. The molecule has 2 atom stereocenters. The highest BCUT2D eigenvalue weighted by molar-refractivity contribution is 8.00. The fraction of sp³-hybridized carbons (Fsp3) is 0.657. The lowest BCUT2D eigenvalue weighted by molar-refractivity contribution is -0.137. The van der Waals surface area contributed by atoms with Crippen LogP contribution in [0, 0.1) is 0 Å². The number of hydrogen-bond donors (Lipinski definition) is 1. The second-order valence-corrected chi connectivity index (χ2v) is 13.2. The minimum Gasteiger partial charge on any atom is -0.377 e. The summed E-state index contributed by atoms with van der Waals surface area (Å²) in [7, 11) is 4.09. The van der Waals surface area contributed by atoms with Crippen LogP contribution >= 0.6 is 11.8 Å². The Morgan fingerprint density at radius 2 is 1.34 bits per heavy atom. The van der Waals surface area contributed by atoms with E-state index >= 15 is 0 Å². The monoisotopic (exact) mass is 581 g/mol. The summed E-state index contributed by atoms with van der Waals surface area (Å²) in [6.45, 7) is 2.28. The summed E-state index contributed by atoms with van der Waals surface area (Å²) in [5.41, 5.74) is 8.14. The Morgan fingerprint density at radius 1 is 0.829 bits per heavy atom. The number of carbonyl (C=O) groups is 2. The van der Waals surface area contributed by atoms with E-state index in [0.29, 0.717) is 12.2 Å². The molecule has 0 spiro atoms. The third kappa shape index (κ3) is 10.2. The van der Waals surface area contributed by atoms with Gasteiger partial charge in [0.15, 0.2) is 0 Å². The molecular weight excluding hydrogens is 526 g/mol. The molecule has 2 amide bonds. The number of hydrogen-bond acceptors (Lipinski definition) is 4. The summed E-state index contributed by atoms with van der Waals surface area (Å²) in [5.74, 6) is 0.0130. The maximum Gasteiger partial charge on any atom is 0.240 e. The van der Waals surface area contributed by atoms with E-state index in [2.05, 4.69) is 36.1 Å². The Labute approximate surface area is 254 Å². The molecule has 0 aliphatic carbocycles. The minimum absolute atomic E-state index is 0.0149. The molecule has 2 N–H and O–H groups in total. The van der Waals surface area contributed by atoms with Crippen molar-refractivity contribution in [2.75, 3.05) is 24.7 Å². The number of nitrogens with zero attached hydrogens (tertiary/aromatic N) is 2. The average Bonchev–Trinajstić information content (AvgIpc) is 3.34. The van der Waals surface area contributed by atoms with Crippen LogP contribution in [0.4, 0.5) is 5.69 Å². The standard InChI is InChI=1S/C35H55N3O2S/c1-4-5-6-7-8-9-10-11-12-13-14-15-16-17-18-19-24-32(34(36)40)38-33(39)27-41-35(38)30-25-26-31(37(2)3)29-23-21-20-22-28(29)30/h20-23,25-26,32,35H,4-19,24,27H2,1-3H3,(H2,36,40). The first-order valence-corrected chi connectivity index (χ1v) is 17.4. The predicted molar refractivity (Wildman–Crippen MR) is 177 cm³/mol. The fourth-order valence-electron chi connectivity index (χ4n) is 6.23. The molecule has 228 valence electrons. The molecule has 3 rings (SSSR count). The number of thioether (sulfide) groups is 1. The van der Waals surface area contributed by atoms with Crippen LogP contribution in [0.1, 0.15) is 127 Å². The first kappa shape index (κ1) is 33.3. The van der Waals surface area contributed by atoms with E-state index in [-0.39, 0.29) is 17.2 Å². The Hall–Kier alpha value is -2.21. The molecule has 2 aromatic carbocycles. The number of primary amides is 1. The van der Waals surface area contributed by atoms with Crippen molar-refractivity contribution in [3.63, 3.8) is 0 Å². The molecule has 2 unspecified atom stereocenters. The summed E-state index contributed by atoms with van der Waals surface area (Å²) in [6.07, 6.45) is 21.7. The van der Waals surface area contributed by atoms with Crippen molar-refractivity contribution in [1.82, 2.24) is 4.90 Å². The first-order chi connectivity index (χ1) is 20.0. The molecule has 5 nitrogen and oxygen atoms in total. The van der Waals surface area contributed by atoms with E-state index < -0.39 is 6.04 Å². The van der Waals surface area contributed by atoms with E-state index in [0.717, 1.165) is 34.9 Å². The Kier molecular flexibility index (Phi) is 14.9. The molecule has 41 heavy (non-hydrogen) atoms. The maximum absolute atomic E-state index is 13.1. The van der Waals surface area contributed by atoms with E-state index in [1.54, 1.807) is 16.7 Å². The maximum atomic E-state index is 13.1. The van der Waals surface area contributed by atoms with Gasteiger partial charge in [0, 0.05) is 25.2 Å². The second kappa shape index (κ2) is 18.4. The highest BCUT2D eigenvalue weighted by Gasteiger charge is 2.40. The van der Waals surface area contributed by atoms with Gasteiger partial charge >= 0.3 is 0 Å². The molecule has 0 saturated carbocycles. The number of carbonyl (C=O) groups excluding carboxylic acids is 2. The van der Waals surface area contributed by atoms with Crippen molar-refractivity contribution >= 4 is 40.0 Å². The van der Waals surface area contributed by atoms with Gasteiger partial charge in [0.1, 0.15) is 11.4 Å². The lowest BCUT2D eigenvalue weighted by Gasteiger charge is -2.32. The molecule has 1 aliphatic rings. The van der Waals surface area contributed by atoms with Gasteiger partial charge in [0.05, 0.1) is 5.75 Å². The van der Waals surface area contributed by atoms with Crippen LogP contribution in [0.5, 0.6) is 0 Å². The van der Waals surface area contributed by atoms with E-state index in [1.807, 2.05) is 26.2 Å². The van der Waals surface area contributed by atoms with Gasteiger partial charge in [-0.2, -0.15) is 0 Å². The van der Waals surface area contributed by atoms with E-state index in [9.17, 15) is 9.59 Å². The zero-order valence-electron chi connectivity index (χ0n) is 26.0. The molecular formula is C35H55N3O2S. The van der Waals surface area contributed by atoms with Crippen LogP contribution in [-0.4, -0.2) is 42.6 Å². The zero-order chi connectivity index (χ0) is 29.5. The second-order valence-electron chi connectivity index (χ2n) is 12.1. The predicted octanol–water partition coefficient (Wildman–Crippen LogP) is 8.99. The van der Waals surface area contributed by atoms with Gasteiger partial charge in [0.25, 0.3) is 0 Å². The number of fused-ring (bicyclic) bond motifs is 1. The smallest absolute Gasteiger partial charge is 0.240 e. The van der Waals surface area contributed by atoms with Gasteiger partial charge in [0.2, 0.25) is 11.8 Å². The van der Waals surface area contributed by atoms with Gasteiger partial charge in [-0.05, 0) is 23.4 Å². The number of anilines is 1. The number of benzene rings is 2. The molecule has 2 aromatic rings. The quantitative estimate of drug-likeness (QED) is 0.149. The number of amides is 2. The minimum atomic E-state index is -0.554. The van der Waals surface area contributed by atoms with Crippen molar-refractivity contribution in [2.24, 2.45) is 5.73 Å². The van der Waals surface area contributed by atoms with Crippen LogP contribution in [0.3, 0.4) is 0 Å². The largest absolute Gasteiger partial charge is 0.377 e. The van der Waals surface area contributed by atoms with Gasteiger partial charge in [-0.3, -0.25) is 9.59 Å². The fourth-order valence-corrected chi connectivity index (χ4v) is 7.49. The van der Waals surface area contributed by atoms with Gasteiger partial charge in [-0.15, -0.1) is 11.8 Å². The average molecular weight is 582 g/mol. The third-order valence-corrected chi connectivity index (χ3v) is 9.79. The summed E-state index contributed by atoms with van der Waals surface area (Å²) >= 11 is 1.61. The van der Waals surface area contributed by atoms with Crippen molar-refractivity contribution in [3.8, 4) is 0 Å². The Morgan fingerprint density at radius 3 is 1.85 bits per heavy atom. The molecule has 0 radical (unpaired) electrons. The van der Waals surface area contributed by atoms with Crippen LogP contribution in [0.15, 0.2) is 36.4 Å². The summed E-state index contributed by atoms with van der Waals surface area (Å²) < 4.78 is 0.